The molecule has 7 heteroatoms. The van der Waals surface area contributed by atoms with Crippen molar-refractivity contribution in [3.8, 4) is 11.3 Å². The molecule has 2 aromatic heterocycles. The zero-order chi connectivity index (χ0) is 20.2. The lowest BCUT2D eigenvalue weighted by Crippen LogP contribution is -2.33. The summed E-state index contributed by atoms with van der Waals surface area (Å²) in [6, 6.07) is 15.5. The Morgan fingerprint density at radius 1 is 1.14 bits per heavy atom. The molecule has 0 atom stereocenters. The number of fused-ring (bicyclic) bond motifs is 1. The molecule has 0 saturated carbocycles. The highest BCUT2D eigenvalue weighted by Crippen LogP contribution is 2.21. The van der Waals surface area contributed by atoms with E-state index in [2.05, 4.69) is 32.8 Å². The van der Waals surface area contributed by atoms with Gasteiger partial charge in [-0.25, -0.2) is 9.97 Å². The second-order valence-corrected chi connectivity index (χ2v) is 7.78. The largest absolute Gasteiger partial charge is 0.354 e. The smallest absolute Gasteiger partial charge is 0.269 e. The van der Waals surface area contributed by atoms with Crippen LogP contribution in [0.4, 0.5) is 0 Å². The lowest BCUT2D eigenvalue weighted by Gasteiger charge is -2.10. The van der Waals surface area contributed by atoms with Gasteiger partial charge in [-0.15, -0.1) is 11.3 Å². The van der Waals surface area contributed by atoms with E-state index in [4.69, 9.17) is 0 Å². The Morgan fingerprint density at radius 2 is 1.93 bits per heavy atom. The first kappa shape index (κ1) is 19.0. The number of carbonyl (C=O) groups excluding carboxylic acids is 1. The van der Waals surface area contributed by atoms with Crippen LogP contribution in [0.15, 0.2) is 64.9 Å². The summed E-state index contributed by atoms with van der Waals surface area (Å²) in [5.41, 5.74) is 4.27. The Balaban J connectivity index is 1.35. The minimum Gasteiger partial charge on any atom is -0.354 e. The number of amides is 1. The molecule has 1 amide bonds. The first-order chi connectivity index (χ1) is 14.1. The van der Waals surface area contributed by atoms with E-state index in [9.17, 15) is 9.59 Å². The van der Waals surface area contributed by atoms with Crippen molar-refractivity contribution in [2.24, 2.45) is 0 Å². The van der Waals surface area contributed by atoms with Crippen molar-refractivity contribution in [1.82, 2.24) is 19.9 Å². The van der Waals surface area contributed by atoms with E-state index in [-0.39, 0.29) is 18.0 Å². The van der Waals surface area contributed by atoms with Gasteiger partial charge in [-0.3, -0.25) is 14.2 Å². The van der Waals surface area contributed by atoms with Crippen molar-refractivity contribution in [2.75, 3.05) is 6.54 Å². The lowest BCUT2D eigenvalue weighted by atomic mass is 10.1. The van der Waals surface area contributed by atoms with Crippen molar-refractivity contribution in [3.63, 3.8) is 0 Å². The van der Waals surface area contributed by atoms with Crippen LogP contribution in [0.2, 0.25) is 0 Å². The van der Waals surface area contributed by atoms with Crippen LogP contribution in [-0.4, -0.2) is 27.0 Å². The van der Waals surface area contributed by atoms with Crippen LogP contribution in [-0.2, 0) is 17.8 Å². The van der Waals surface area contributed by atoms with E-state index in [1.807, 2.05) is 37.3 Å². The number of aromatic nitrogens is 3. The molecule has 0 radical (unpaired) electrons. The monoisotopic (exact) mass is 404 g/mol. The zero-order valence-corrected chi connectivity index (χ0v) is 16.8. The van der Waals surface area contributed by atoms with Gasteiger partial charge in [-0.2, -0.15) is 0 Å². The minimum absolute atomic E-state index is 0.0238. The maximum absolute atomic E-state index is 12.3. The van der Waals surface area contributed by atoms with E-state index in [0.717, 1.165) is 21.8 Å². The molecule has 2 heterocycles. The van der Waals surface area contributed by atoms with Crippen molar-refractivity contribution in [1.29, 1.82) is 0 Å². The molecule has 146 valence electrons. The molecule has 2 aromatic carbocycles. The van der Waals surface area contributed by atoms with Gasteiger partial charge in [0.15, 0.2) is 0 Å². The summed E-state index contributed by atoms with van der Waals surface area (Å²) in [6.45, 7) is 2.48. The number of aryl methyl sites for hydroxylation is 1. The quantitative estimate of drug-likeness (QED) is 0.535. The molecule has 0 spiro atoms. The van der Waals surface area contributed by atoms with Gasteiger partial charge in [0.1, 0.15) is 6.54 Å². The molecule has 0 aliphatic heterocycles. The van der Waals surface area contributed by atoms with E-state index in [1.165, 1.54) is 10.8 Å². The van der Waals surface area contributed by atoms with Gasteiger partial charge in [0, 0.05) is 17.5 Å². The molecule has 0 fully saturated rings. The average molecular weight is 404 g/mol. The molecular formula is C22H20N4O2S. The number of carbonyl (C=O) groups is 1. The Morgan fingerprint density at radius 3 is 2.69 bits per heavy atom. The molecule has 0 aliphatic carbocycles. The van der Waals surface area contributed by atoms with Crippen LogP contribution in [0.1, 0.15) is 10.6 Å². The van der Waals surface area contributed by atoms with Gasteiger partial charge in [-0.1, -0.05) is 36.4 Å². The highest BCUT2D eigenvalue weighted by atomic mass is 32.1. The number of nitrogens with one attached hydrogen (secondary N) is 1. The van der Waals surface area contributed by atoms with E-state index in [0.29, 0.717) is 24.0 Å². The number of thiazole rings is 1. The maximum Gasteiger partial charge on any atom is 0.269 e. The topological polar surface area (TPSA) is 76.9 Å². The first-order valence-electron chi connectivity index (χ1n) is 9.33. The number of benzene rings is 2. The third-order valence-electron chi connectivity index (χ3n) is 4.66. The van der Waals surface area contributed by atoms with Gasteiger partial charge < -0.3 is 5.32 Å². The molecule has 6 nitrogen and oxygen atoms in total. The lowest BCUT2D eigenvalue weighted by molar-refractivity contribution is -0.121. The first-order valence-corrected chi connectivity index (χ1v) is 10.2. The van der Waals surface area contributed by atoms with E-state index in [1.54, 1.807) is 17.4 Å². The Kier molecular flexibility index (Phi) is 5.48. The van der Waals surface area contributed by atoms with Crippen molar-refractivity contribution in [2.45, 2.75) is 19.9 Å². The Bertz CT molecular complexity index is 1210. The Labute approximate surface area is 171 Å². The molecule has 1 N–H and O–H groups in total. The summed E-state index contributed by atoms with van der Waals surface area (Å²) in [4.78, 5) is 33.1. The van der Waals surface area contributed by atoms with Crippen LogP contribution < -0.4 is 10.9 Å². The molecule has 29 heavy (non-hydrogen) atoms. The molecule has 0 saturated heterocycles. The second kappa shape index (κ2) is 8.36. The van der Waals surface area contributed by atoms with Gasteiger partial charge in [-0.05, 0) is 31.0 Å². The van der Waals surface area contributed by atoms with Gasteiger partial charge >= 0.3 is 0 Å². The minimum atomic E-state index is -0.285. The number of para-hydroxylation sites is 2. The van der Waals surface area contributed by atoms with Crippen LogP contribution in [0.3, 0.4) is 0 Å². The normalized spacial score (nSPS) is 10.9. The van der Waals surface area contributed by atoms with Gasteiger partial charge in [0.25, 0.3) is 5.56 Å². The summed E-state index contributed by atoms with van der Waals surface area (Å²) < 4.78 is 1.45. The van der Waals surface area contributed by atoms with Crippen LogP contribution in [0.25, 0.3) is 22.3 Å². The van der Waals surface area contributed by atoms with E-state index < -0.39 is 0 Å². The van der Waals surface area contributed by atoms with Crippen molar-refractivity contribution in [3.05, 3.63) is 81.0 Å². The molecule has 0 bridgehead atoms. The molecular weight excluding hydrogens is 384 g/mol. The molecule has 0 aliphatic rings. The highest BCUT2D eigenvalue weighted by molar-refractivity contribution is 7.09. The fraction of sp³-hybridized carbons (Fsp3) is 0.182. The van der Waals surface area contributed by atoms with Crippen LogP contribution in [0.5, 0.6) is 0 Å². The predicted octanol–water partition coefficient (Wildman–Crippen LogP) is 3.19. The standard InChI is InChI=1S/C22H20N4O2S/c1-15-25-19(14-29-15)17-8-6-16(7-9-17)10-11-23-21(27)13-26-20-5-3-2-4-18(20)24-12-22(26)28/h2-9,12,14H,10-11,13H2,1H3,(H,23,27). The number of hydrogen-bond acceptors (Lipinski definition) is 5. The number of nitrogens with zero attached hydrogens (tertiary/aromatic N) is 3. The van der Waals surface area contributed by atoms with Crippen molar-refractivity contribution >= 4 is 28.3 Å². The molecule has 0 unspecified atom stereocenters. The third-order valence-corrected chi connectivity index (χ3v) is 5.43. The van der Waals surface area contributed by atoms with Crippen LogP contribution in [0, 0.1) is 6.92 Å². The summed E-state index contributed by atoms with van der Waals surface area (Å²) in [5, 5.41) is 5.99. The fourth-order valence-electron chi connectivity index (χ4n) is 3.16. The second-order valence-electron chi connectivity index (χ2n) is 6.72. The summed E-state index contributed by atoms with van der Waals surface area (Å²) >= 11 is 1.64. The highest BCUT2D eigenvalue weighted by Gasteiger charge is 2.09. The fourth-order valence-corrected chi connectivity index (χ4v) is 3.78. The SMILES string of the molecule is Cc1nc(-c2ccc(CCNC(=O)Cn3c(=O)cnc4ccccc43)cc2)cs1. The van der Waals surface area contributed by atoms with Crippen LogP contribution >= 0.6 is 11.3 Å². The maximum atomic E-state index is 12.3. The average Bonchev–Trinajstić information content (AvgIpc) is 3.17. The Hall–Kier alpha value is -3.32. The summed E-state index contributed by atoms with van der Waals surface area (Å²) in [6.07, 6.45) is 1.97. The zero-order valence-electron chi connectivity index (χ0n) is 16.0. The predicted molar refractivity (Wildman–Crippen MR) is 115 cm³/mol. The molecule has 4 aromatic rings. The van der Waals surface area contributed by atoms with E-state index >= 15 is 0 Å². The summed E-state index contributed by atoms with van der Waals surface area (Å²) in [5.74, 6) is -0.196. The number of hydrogen-bond donors (Lipinski definition) is 1. The van der Waals surface area contributed by atoms with Gasteiger partial charge in [0.05, 0.1) is 27.9 Å². The number of rotatable bonds is 6. The molecule has 4 rings (SSSR count). The summed E-state index contributed by atoms with van der Waals surface area (Å²) in [7, 11) is 0. The third kappa shape index (κ3) is 4.41. The van der Waals surface area contributed by atoms with Crippen molar-refractivity contribution < 1.29 is 4.79 Å². The van der Waals surface area contributed by atoms with Gasteiger partial charge in [0.2, 0.25) is 5.91 Å².